The first-order valence-electron chi connectivity index (χ1n) is 8.92. The number of nitrogens with zero attached hydrogens (tertiary/aromatic N) is 6. The van der Waals surface area contributed by atoms with Gasteiger partial charge in [-0.2, -0.15) is 5.10 Å². The minimum Gasteiger partial charge on any atom is -0.361 e. The Morgan fingerprint density at radius 3 is 3.08 bits per heavy atom. The third-order valence-corrected chi connectivity index (χ3v) is 4.65. The fourth-order valence-corrected chi connectivity index (χ4v) is 3.38. The van der Waals surface area contributed by atoms with Gasteiger partial charge < -0.3 is 9.84 Å². The molecule has 0 bridgehead atoms. The van der Waals surface area contributed by atoms with Gasteiger partial charge in [-0.05, 0) is 12.8 Å². The summed E-state index contributed by atoms with van der Waals surface area (Å²) in [5.74, 6) is 0.997. The number of aryl methyl sites for hydroxylation is 1. The smallest absolute Gasteiger partial charge is 0.140 e. The monoisotopic (exact) mass is 341 g/mol. The van der Waals surface area contributed by atoms with Crippen molar-refractivity contribution in [1.29, 1.82) is 0 Å². The van der Waals surface area contributed by atoms with Gasteiger partial charge in [0.1, 0.15) is 17.1 Å². The van der Waals surface area contributed by atoms with Crippen LogP contribution in [0.4, 0.5) is 0 Å². The van der Waals surface area contributed by atoms with Crippen LogP contribution in [-0.2, 0) is 32.5 Å². The molecule has 132 valence electrons. The van der Waals surface area contributed by atoms with Gasteiger partial charge in [0.15, 0.2) is 0 Å². The Labute approximate surface area is 146 Å². The van der Waals surface area contributed by atoms with Crippen molar-refractivity contribution in [3.05, 3.63) is 35.1 Å². The van der Waals surface area contributed by atoms with Crippen LogP contribution in [0.1, 0.15) is 43.0 Å². The summed E-state index contributed by atoms with van der Waals surface area (Å²) in [7, 11) is 0. The van der Waals surface area contributed by atoms with E-state index >= 15 is 0 Å². The summed E-state index contributed by atoms with van der Waals surface area (Å²) in [5.41, 5.74) is 5.20. The molecule has 4 heterocycles. The van der Waals surface area contributed by atoms with E-state index in [1.165, 1.54) is 11.3 Å². The van der Waals surface area contributed by atoms with Gasteiger partial charge in [0, 0.05) is 30.6 Å². The zero-order valence-electron chi connectivity index (χ0n) is 14.7. The van der Waals surface area contributed by atoms with Crippen LogP contribution in [0, 0.1) is 0 Å². The van der Waals surface area contributed by atoms with E-state index in [9.17, 15) is 0 Å². The summed E-state index contributed by atoms with van der Waals surface area (Å²) in [6.45, 7) is 7.51. The molecule has 3 aromatic rings. The minimum absolute atomic E-state index is 0.575. The Morgan fingerprint density at radius 1 is 1.32 bits per heavy atom. The largest absolute Gasteiger partial charge is 0.361 e. The minimum atomic E-state index is 0.575. The predicted octanol–water partition coefficient (Wildman–Crippen LogP) is 1.80. The lowest BCUT2D eigenvalue weighted by Crippen LogP contribution is -2.28. The van der Waals surface area contributed by atoms with Crippen LogP contribution in [0.2, 0.25) is 0 Å². The Hall–Kier alpha value is -2.48. The number of nitrogens with one attached hydrogen (secondary N) is 1. The quantitative estimate of drug-likeness (QED) is 0.736. The zero-order valence-corrected chi connectivity index (χ0v) is 14.7. The van der Waals surface area contributed by atoms with Gasteiger partial charge >= 0.3 is 0 Å². The van der Waals surface area contributed by atoms with Crippen molar-refractivity contribution in [3.8, 4) is 11.3 Å². The van der Waals surface area contributed by atoms with E-state index in [2.05, 4.69) is 39.7 Å². The number of fused-ring (bicyclic) bond motifs is 1. The van der Waals surface area contributed by atoms with Crippen LogP contribution in [0.25, 0.3) is 11.3 Å². The second-order valence-corrected chi connectivity index (χ2v) is 6.34. The molecular formula is C17H23N7O. The van der Waals surface area contributed by atoms with E-state index < -0.39 is 0 Å². The average Bonchev–Trinajstić information content (AvgIpc) is 3.34. The van der Waals surface area contributed by atoms with Crippen molar-refractivity contribution in [2.75, 3.05) is 6.54 Å². The number of hydrogen-bond acceptors (Lipinski definition) is 6. The summed E-state index contributed by atoms with van der Waals surface area (Å²) in [6, 6.07) is 0. The molecular weight excluding hydrogens is 318 g/mol. The standard InChI is InChI=1S/C17H23N7O/c1-3-5-17-12(4-2)15(21-25-17)11-23-10-14(20-22-23)13-8-19-24-7-6-18-9-16(13)24/h8,10,18H,3-7,9,11H2,1-2H3. The summed E-state index contributed by atoms with van der Waals surface area (Å²) < 4.78 is 9.38. The third-order valence-electron chi connectivity index (χ3n) is 4.65. The topological polar surface area (TPSA) is 86.6 Å². The van der Waals surface area contributed by atoms with Gasteiger partial charge in [-0.15, -0.1) is 5.10 Å². The van der Waals surface area contributed by atoms with E-state index in [0.717, 1.165) is 61.6 Å². The molecule has 0 radical (unpaired) electrons. The van der Waals surface area contributed by atoms with Crippen molar-refractivity contribution in [3.63, 3.8) is 0 Å². The molecule has 8 heteroatoms. The van der Waals surface area contributed by atoms with Gasteiger partial charge in [-0.25, -0.2) is 4.68 Å². The molecule has 3 aromatic heterocycles. The Bertz CT molecular complexity index is 860. The Balaban J connectivity index is 1.57. The van der Waals surface area contributed by atoms with Crippen LogP contribution in [-0.4, -0.2) is 36.5 Å². The maximum absolute atomic E-state index is 5.52. The molecule has 1 aliphatic heterocycles. The van der Waals surface area contributed by atoms with Crippen LogP contribution in [0.15, 0.2) is 16.9 Å². The number of hydrogen-bond donors (Lipinski definition) is 1. The molecule has 0 aliphatic carbocycles. The fraction of sp³-hybridized carbons (Fsp3) is 0.529. The molecule has 0 aromatic carbocycles. The molecule has 1 aliphatic rings. The zero-order chi connectivity index (χ0) is 17.2. The third kappa shape index (κ3) is 2.97. The highest BCUT2D eigenvalue weighted by Crippen LogP contribution is 2.23. The molecule has 0 saturated heterocycles. The molecule has 0 spiro atoms. The molecule has 1 N–H and O–H groups in total. The Kier molecular flexibility index (Phi) is 4.35. The van der Waals surface area contributed by atoms with Gasteiger partial charge in [0.25, 0.3) is 0 Å². The lowest BCUT2D eigenvalue weighted by atomic mass is 10.1. The van der Waals surface area contributed by atoms with E-state index in [-0.39, 0.29) is 0 Å². The van der Waals surface area contributed by atoms with Crippen molar-refractivity contribution in [1.82, 2.24) is 35.2 Å². The molecule has 0 atom stereocenters. The van der Waals surface area contributed by atoms with Gasteiger partial charge in [0.2, 0.25) is 0 Å². The highest BCUT2D eigenvalue weighted by molar-refractivity contribution is 5.60. The number of aromatic nitrogens is 6. The van der Waals surface area contributed by atoms with Gasteiger partial charge in [-0.3, -0.25) is 4.68 Å². The van der Waals surface area contributed by atoms with Crippen molar-refractivity contribution < 1.29 is 4.52 Å². The summed E-state index contributed by atoms with van der Waals surface area (Å²) in [6.07, 6.45) is 6.73. The molecule has 0 unspecified atom stereocenters. The lowest BCUT2D eigenvalue weighted by Gasteiger charge is -2.15. The molecule has 0 saturated carbocycles. The summed E-state index contributed by atoms with van der Waals surface area (Å²) >= 11 is 0. The first kappa shape index (κ1) is 16.0. The first-order valence-corrected chi connectivity index (χ1v) is 8.92. The summed E-state index contributed by atoms with van der Waals surface area (Å²) in [5, 5.41) is 20.7. The van der Waals surface area contributed by atoms with Crippen molar-refractivity contribution >= 4 is 0 Å². The Morgan fingerprint density at radius 2 is 2.24 bits per heavy atom. The van der Waals surface area contributed by atoms with Gasteiger partial charge in [-0.1, -0.05) is 24.2 Å². The maximum Gasteiger partial charge on any atom is 0.140 e. The van der Waals surface area contributed by atoms with Crippen LogP contribution in [0.3, 0.4) is 0 Å². The maximum atomic E-state index is 5.52. The number of rotatable bonds is 6. The molecule has 4 rings (SSSR count). The van der Waals surface area contributed by atoms with Crippen molar-refractivity contribution in [2.45, 2.75) is 52.7 Å². The highest BCUT2D eigenvalue weighted by Gasteiger charge is 2.19. The van der Waals surface area contributed by atoms with E-state index in [1.54, 1.807) is 0 Å². The SMILES string of the molecule is CCCc1onc(Cn2cc(-c3cnn4c3CNCC4)nn2)c1CC. The average molecular weight is 341 g/mol. The molecule has 0 fully saturated rings. The lowest BCUT2D eigenvalue weighted by molar-refractivity contribution is 0.373. The van der Waals surface area contributed by atoms with E-state index in [4.69, 9.17) is 4.52 Å². The molecule has 25 heavy (non-hydrogen) atoms. The van der Waals surface area contributed by atoms with Crippen LogP contribution in [0.5, 0.6) is 0 Å². The normalized spacial score (nSPS) is 14.0. The molecule has 8 nitrogen and oxygen atoms in total. The summed E-state index contributed by atoms with van der Waals surface area (Å²) in [4.78, 5) is 0. The van der Waals surface area contributed by atoms with Crippen LogP contribution >= 0.6 is 0 Å². The highest BCUT2D eigenvalue weighted by atomic mass is 16.5. The van der Waals surface area contributed by atoms with Crippen LogP contribution < -0.4 is 5.32 Å². The van der Waals surface area contributed by atoms with Crippen molar-refractivity contribution in [2.24, 2.45) is 0 Å². The predicted molar refractivity (Wildman–Crippen MR) is 91.9 cm³/mol. The molecule has 0 amide bonds. The van der Waals surface area contributed by atoms with E-state index in [0.29, 0.717) is 6.54 Å². The van der Waals surface area contributed by atoms with Gasteiger partial charge in [0.05, 0.1) is 31.2 Å². The fourth-order valence-electron chi connectivity index (χ4n) is 3.38. The second kappa shape index (κ2) is 6.79. The van der Waals surface area contributed by atoms with E-state index in [1.807, 2.05) is 21.8 Å². The first-order chi connectivity index (χ1) is 12.3. The second-order valence-electron chi connectivity index (χ2n) is 6.34.